The standard InChI is InChI=1S/C15H19BrN2O5/c1-3-4-7-17-15(21)18-13(19)9-23-14(20)11-8-10(22-2)5-6-12(11)16/h5-6,8H,3-4,7,9H2,1-2H3,(H2,17,18,19,21). The maximum absolute atomic E-state index is 11.9. The van der Waals surface area contributed by atoms with Crippen LogP contribution in [-0.4, -0.2) is 38.2 Å². The molecular formula is C15H19BrN2O5. The van der Waals surface area contributed by atoms with Gasteiger partial charge in [0.25, 0.3) is 5.91 Å². The van der Waals surface area contributed by atoms with Crippen LogP contribution in [0.2, 0.25) is 0 Å². The van der Waals surface area contributed by atoms with Gasteiger partial charge < -0.3 is 14.8 Å². The lowest BCUT2D eigenvalue weighted by atomic mass is 10.2. The molecular weight excluding hydrogens is 368 g/mol. The lowest BCUT2D eigenvalue weighted by Gasteiger charge is -2.09. The summed E-state index contributed by atoms with van der Waals surface area (Å²) in [5.41, 5.74) is 0.226. The van der Waals surface area contributed by atoms with Crippen molar-refractivity contribution in [1.29, 1.82) is 0 Å². The van der Waals surface area contributed by atoms with Crippen molar-refractivity contribution in [2.45, 2.75) is 19.8 Å². The molecule has 0 aromatic heterocycles. The summed E-state index contributed by atoms with van der Waals surface area (Å²) in [5.74, 6) is -0.913. The monoisotopic (exact) mass is 386 g/mol. The zero-order valence-electron chi connectivity index (χ0n) is 13.0. The van der Waals surface area contributed by atoms with Crippen molar-refractivity contribution >= 4 is 33.8 Å². The summed E-state index contributed by atoms with van der Waals surface area (Å²) < 4.78 is 10.4. The van der Waals surface area contributed by atoms with Gasteiger partial charge in [-0.2, -0.15) is 0 Å². The zero-order valence-corrected chi connectivity index (χ0v) is 14.6. The van der Waals surface area contributed by atoms with Crippen LogP contribution in [0.1, 0.15) is 30.1 Å². The quantitative estimate of drug-likeness (QED) is 0.553. The average molecular weight is 387 g/mol. The summed E-state index contributed by atoms with van der Waals surface area (Å²) in [4.78, 5) is 34.9. The van der Waals surface area contributed by atoms with Crippen LogP contribution in [0.15, 0.2) is 22.7 Å². The molecule has 0 radical (unpaired) electrons. The normalized spacial score (nSPS) is 9.87. The largest absolute Gasteiger partial charge is 0.497 e. The molecule has 1 aromatic carbocycles. The molecule has 1 aromatic rings. The van der Waals surface area contributed by atoms with Gasteiger partial charge in [0.15, 0.2) is 6.61 Å². The molecule has 0 bridgehead atoms. The minimum atomic E-state index is -0.702. The second-order valence-corrected chi connectivity index (χ2v) is 5.43. The maximum atomic E-state index is 11.9. The van der Waals surface area contributed by atoms with Gasteiger partial charge in [-0.25, -0.2) is 9.59 Å². The molecule has 0 unspecified atom stereocenters. The molecule has 0 heterocycles. The van der Waals surface area contributed by atoms with Crippen LogP contribution in [-0.2, 0) is 9.53 Å². The number of carbonyl (C=O) groups is 3. The lowest BCUT2D eigenvalue weighted by molar-refractivity contribution is -0.123. The number of carbonyl (C=O) groups excluding carboxylic acids is 3. The number of methoxy groups -OCH3 is 1. The molecule has 0 saturated heterocycles. The van der Waals surface area contributed by atoms with E-state index in [1.165, 1.54) is 13.2 Å². The van der Waals surface area contributed by atoms with Gasteiger partial charge >= 0.3 is 12.0 Å². The molecule has 3 amide bonds. The van der Waals surface area contributed by atoms with Gasteiger partial charge in [-0.3, -0.25) is 10.1 Å². The molecule has 126 valence electrons. The first-order valence-electron chi connectivity index (χ1n) is 7.06. The Morgan fingerprint density at radius 1 is 1.26 bits per heavy atom. The first-order chi connectivity index (χ1) is 11.0. The smallest absolute Gasteiger partial charge is 0.339 e. The molecule has 1 rings (SSSR count). The number of amides is 3. The molecule has 0 atom stereocenters. The van der Waals surface area contributed by atoms with Crippen LogP contribution < -0.4 is 15.4 Å². The lowest BCUT2D eigenvalue weighted by Crippen LogP contribution is -2.41. The Kier molecular flexibility index (Phi) is 8.10. The van der Waals surface area contributed by atoms with Crippen LogP contribution in [0.5, 0.6) is 5.75 Å². The van der Waals surface area contributed by atoms with Crippen molar-refractivity contribution in [3.8, 4) is 5.75 Å². The zero-order chi connectivity index (χ0) is 17.2. The van der Waals surface area contributed by atoms with Gasteiger partial charge in [0.1, 0.15) is 5.75 Å². The van der Waals surface area contributed by atoms with Crippen molar-refractivity contribution in [3.05, 3.63) is 28.2 Å². The molecule has 0 spiro atoms. The number of unbranched alkanes of at least 4 members (excludes halogenated alkanes) is 1. The van der Waals surface area contributed by atoms with E-state index in [1.807, 2.05) is 6.92 Å². The third-order valence-electron chi connectivity index (χ3n) is 2.80. The van der Waals surface area contributed by atoms with E-state index in [9.17, 15) is 14.4 Å². The van der Waals surface area contributed by atoms with Crippen LogP contribution in [0, 0.1) is 0 Å². The summed E-state index contributed by atoms with van der Waals surface area (Å²) in [7, 11) is 1.48. The van der Waals surface area contributed by atoms with Crippen molar-refractivity contribution in [2.24, 2.45) is 0 Å². The number of ether oxygens (including phenoxy) is 2. The Morgan fingerprint density at radius 3 is 2.65 bits per heavy atom. The highest BCUT2D eigenvalue weighted by Crippen LogP contribution is 2.23. The third kappa shape index (κ3) is 6.68. The minimum Gasteiger partial charge on any atom is -0.497 e. The SMILES string of the molecule is CCCCNC(=O)NC(=O)COC(=O)c1cc(OC)ccc1Br. The fourth-order valence-electron chi connectivity index (χ4n) is 1.58. The summed E-state index contributed by atoms with van der Waals surface area (Å²) in [6.07, 6.45) is 1.75. The van der Waals surface area contributed by atoms with Crippen LogP contribution in [0.25, 0.3) is 0 Å². The van der Waals surface area contributed by atoms with Crippen molar-refractivity contribution in [2.75, 3.05) is 20.3 Å². The number of urea groups is 1. The van der Waals surface area contributed by atoms with E-state index >= 15 is 0 Å². The second kappa shape index (κ2) is 9.83. The first kappa shape index (κ1) is 19.0. The van der Waals surface area contributed by atoms with Gasteiger partial charge in [0.05, 0.1) is 12.7 Å². The first-order valence-corrected chi connectivity index (χ1v) is 7.85. The number of esters is 1. The molecule has 23 heavy (non-hydrogen) atoms. The minimum absolute atomic E-state index is 0.226. The second-order valence-electron chi connectivity index (χ2n) is 4.58. The predicted octanol–water partition coefficient (Wildman–Crippen LogP) is 2.24. The molecule has 0 aliphatic rings. The van der Waals surface area contributed by atoms with Gasteiger partial charge in [0, 0.05) is 11.0 Å². The highest BCUT2D eigenvalue weighted by Gasteiger charge is 2.15. The number of imide groups is 1. The van der Waals surface area contributed by atoms with E-state index in [1.54, 1.807) is 12.1 Å². The molecule has 7 nitrogen and oxygen atoms in total. The highest BCUT2D eigenvalue weighted by atomic mass is 79.9. The van der Waals surface area contributed by atoms with E-state index < -0.39 is 24.5 Å². The predicted molar refractivity (Wildman–Crippen MR) is 87.4 cm³/mol. The number of rotatable bonds is 7. The summed E-state index contributed by atoms with van der Waals surface area (Å²) in [5, 5.41) is 4.60. The third-order valence-corrected chi connectivity index (χ3v) is 3.49. The summed E-state index contributed by atoms with van der Waals surface area (Å²) >= 11 is 3.22. The number of halogens is 1. The van der Waals surface area contributed by atoms with Gasteiger partial charge in [-0.15, -0.1) is 0 Å². The van der Waals surface area contributed by atoms with Crippen LogP contribution >= 0.6 is 15.9 Å². The summed E-state index contributed by atoms with van der Waals surface area (Å²) in [6.45, 7) is 1.91. The Balaban J connectivity index is 2.46. The van der Waals surface area contributed by atoms with E-state index in [0.717, 1.165) is 12.8 Å². The Hall–Kier alpha value is -2.09. The highest BCUT2D eigenvalue weighted by molar-refractivity contribution is 9.10. The average Bonchev–Trinajstić information content (AvgIpc) is 2.53. The topological polar surface area (TPSA) is 93.7 Å². The number of hydrogen-bond donors (Lipinski definition) is 2. The fraction of sp³-hybridized carbons (Fsp3) is 0.400. The summed E-state index contributed by atoms with van der Waals surface area (Å²) in [6, 6.07) is 4.19. The van der Waals surface area contributed by atoms with Crippen molar-refractivity contribution in [1.82, 2.24) is 10.6 Å². The molecule has 0 fully saturated rings. The maximum Gasteiger partial charge on any atom is 0.339 e. The Morgan fingerprint density at radius 2 is 2.00 bits per heavy atom. The van der Waals surface area contributed by atoms with Crippen molar-refractivity contribution in [3.63, 3.8) is 0 Å². The number of nitrogens with one attached hydrogen (secondary N) is 2. The number of hydrogen-bond acceptors (Lipinski definition) is 5. The molecule has 0 saturated carbocycles. The number of benzene rings is 1. The van der Waals surface area contributed by atoms with E-state index in [-0.39, 0.29) is 5.56 Å². The van der Waals surface area contributed by atoms with Gasteiger partial charge in [-0.1, -0.05) is 13.3 Å². The van der Waals surface area contributed by atoms with Gasteiger partial charge in [0.2, 0.25) is 0 Å². The Labute approximate surface area is 142 Å². The van der Waals surface area contributed by atoms with E-state index in [2.05, 4.69) is 26.6 Å². The molecule has 8 heteroatoms. The van der Waals surface area contributed by atoms with Crippen LogP contribution in [0.3, 0.4) is 0 Å². The molecule has 0 aliphatic carbocycles. The Bertz CT molecular complexity index is 577. The van der Waals surface area contributed by atoms with Crippen LogP contribution in [0.4, 0.5) is 4.79 Å². The molecule has 0 aliphatic heterocycles. The molecule has 2 N–H and O–H groups in total. The van der Waals surface area contributed by atoms with Gasteiger partial charge in [-0.05, 0) is 40.5 Å². The van der Waals surface area contributed by atoms with E-state index in [0.29, 0.717) is 16.8 Å². The van der Waals surface area contributed by atoms with Crippen molar-refractivity contribution < 1.29 is 23.9 Å². The van der Waals surface area contributed by atoms with E-state index in [4.69, 9.17) is 9.47 Å². The fourth-order valence-corrected chi connectivity index (χ4v) is 1.99.